The summed E-state index contributed by atoms with van der Waals surface area (Å²) in [6.07, 6.45) is 29.4. The number of unbranched alkanes of at least 4 members (excludes halogenated alkanes) is 1. The van der Waals surface area contributed by atoms with Crippen molar-refractivity contribution < 1.29 is 0 Å². The van der Waals surface area contributed by atoms with Crippen molar-refractivity contribution >= 4 is 0 Å². The molecular weight excluding hydrogens is 314 g/mol. The molecule has 2 fully saturated rings. The van der Waals surface area contributed by atoms with E-state index in [1.54, 1.807) is 6.08 Å². The number of rotatable bonds is 10. The van der Waals surface area contributed by atoms with E-state index >= 15 is 0 Å². The predicted octanol–water partition coefficient (Wildman–Crippen LogP) is 7.99. The standard InChI is InChI=1S/C25H41N/c1-2-3-9-22-11-15-24(16-12-22)19-20-25-17-13-23(14-18-25)10-7-5-4-6-8-21-26/h4-6,8,22-25H,2-3,7,9-20H2,1H3. The first kappa shape index (κ1) is 21.3. The van der Waals surface area contributed by atoms with Crippen LogP contribution in [0.4, 0.5) is 0 Å². The van der Waals surface area contributed by atoms with Crippen LogP contribution in [-0.2, 0) is 0 Å². The summed E-state index contributed by atoms with van der Waals surface area (Å²) in [5, 5.41) is 8.45. The Kier molecular flexibility index (Phi) is 10.8. The van der Waals surface area contributed by atoms with Crippen LogP contribution in [0.25, 0.3) is 0 Å². The van der Waals surface area contributed by atoms with Crippen LogP contribution in [0.2, 0.25) is 0 Å². The lowest BCUT2D eigenvalue weighted by molar-refractivity contribution is 0.209. The first-order valence-corrected chi connectivity index (χ1v) is 11.5. The van der Waals surface area contributed by atoms with E-state index < -0.39 is 0 Å². The Morgan fingerprint density at radius 3 is 1.73 bits per heavy atom. The maximum absolute atomic E-state index is 8.45. The van der Waals surface area contributed by atoms with Gasteiger partial charge in [0, 0.05) is 6.08 Å². The van der Waals surface area contributed by atoms with Crippen molar-refractivity contribution in [3.8, 4) is 6.07 Å². The number of hydrogen-bond donors (Lipinski definition) is 0. The van der Waals surface area contributed by atoms with Crippen molar-refractivity contribution in [1.29, 1.82) is 5.26 Å². The van der Waals surface area contributed by atoms with E-state index in [1.165, 1.54) is 96.3 Å². The molecule has 0 N–H and O–H groups in total. The minimum absolute atomic E-state index is 0.949. The summed E-state index contributed by atoms with van der Waals surface area (Å²) in [5.41, 5.74) is 0. The normalized spacial score (nSPS) is 30.0. The fourth-order valence-corrected chi connectivity index (χ4v) is 5.19. The quantitative estimate of drug-likeness (QED) is 0.288. The van der Waals surface area contributed by atoms with Gasteiger partial charge in [0.25, 0.3) is 0 Å². The van der Waals surface area contributed by atoms with Crippen molar-refractivity contribution in [1.82, 2.24) is 0 Å². The molecule has 0 aromatic carbocycles. The molecule has 26 heavy (non-hydrogen) atoms. The average Bonchev–Trinajstić information content (AvgIpc) is 2.69. The molecule has 0 bridgehead atoms. The zero-order valence-electron chi connectivity index (χ0n) is 17.2. The molecule has 2 aliphatic rings. The van der Waals surface area contributed by atoms with Crippen molar-refractivity contribution in [3.05, 3.63) is 24.3 Å². The maximum atomic E-state index is 8.45. The fourth-order valence-electron chi connectivity index (χ4n) is 5.19. The molecular formula is C25H41N. The first-order chi connectivity index (χ1) is 12.8. The van der Waals surface area contributed by atoms with Gasteiger partial charge in [-0.1, -0.05) is 109 Å². The number of allylic oxidation sites excluding steroid dienone is 4. The molecule has 0 saturated heterocycles. The van der Waals surface area contributed by atoms with Gasteiger partial charge in [-0.25, -0.2) is 0 Å². The zero-order chi connectivity index (χ0) is 18.5. The van der Waals surface area contributed by atoms with Gasteiger partial charge in [0.15, 0.2) is 0 Å². The monoisotopic (exact) mass is 355 g/mol. The smallest absolute Gasteiger partial charge is 0.0912 e. The highest BCUT2D eigenvalue weighted by molar-refractivity contribution is 5.11. The third-order valence-electron chi connectivity index (χ3n) is 7.04. The summed E-state index contributed by atoms with van der Waals surface area (Å²) in [5.74, 6) is 4.09. The second kappa shape index (κ2) is 13.2. The molecule has 0 atom stereocenters. The summed E-state index contributed by atoms with van der Waals surface area (Å²) < 4.78 is 0. The van der Waals surface area contributed by atoms with Crippen molar-refractivity contribution in [2.75, 3.05) is 0 Å². The lowest BCUT2D eigenvalue weighted by Gasteiger charge is -2.32. The molecule has 0 amide bonds. The summed E-state index contributed by atoms with van der Waals surface area (Å²) in [7, 11) is 0. The Bertz CT molecular complexity index is 439. The van der Waals surface area contributed by atoms with Crippen LogP contribution >= 0.6 is 0 Å². The van der Waals surface area contributed by atoms with Gasteiger partial charge in [0.2, 0.25) is 0 Å². The molecule has 0 unspecified atom stereocenters. The molecule has 2 rings (SSSR count). The summed E-state index contributed by atoms with van der Waals surface area (Å²) in [6, 6.07) is 2.03. The van der Waals surface area contributed by atoms with Gasteiger partial charge in [0.1, 0.15) is 0 Å². The predicted molar refractivity (Wildman–Crippen MR) is 113 cm³/mol. The van der Waals surface area contributed by atoms with Gasteiger partial charge >= 0.3 is 0 Å². The van der Waals surface area contributed by atoms with Gasteiger partial charge < -0.3 is 0 Å². The fraction of sp³-hybridized carbons (Fsp3) is 0.800. The lowest BCUT2D eigenvalue weighted by Crippen LogP contribution is -2.18. The van der Waals surface area contributed by atoms with E-state index in [9.17, 15) is 0 Å². The first-order valence-electron chi connectivity index (χ1n) is 11.5. The van der Waals surface area contributed by atoms with Crippen LogP contribution in [0.3, 0.4) is 0 Å². The van der Waals surface area contributed by atoms with E-state index in [2.05, 4.69) is 13.0 Å². The second-order valence-electron chi connectivity index (χ2n) is 8.99. The van der Waals surface area contributed by atoms with Gasteiger partial charge in [-0.2, -0.15) is 5.26 Å². The molecule has 0 spiro atoms. The molecule has 0 heterocycles. The van der Waals surface area contributed by atoms with E-state index in [4.69, 9.17) is 5.26 Å². The van der Waals surface area contributed by atoms with Crippen molar-refractivity contribution in [2.45, 2.75) is 103 Å². The highest BCUT2D eigenvalue weighted by Gasteiger charge is 2.24. The largest absolute Gasteiger partial charge is 0.193 e. The zero-order valence-corrected chi connectivity index (χ0v) is 17.2. The third-order valence-corrected chi connectivity index (χ3v) is 7.04. The van der Waals surface area contributed by atoms with Gasteiger partial charge in [-0.15, -0.1) is 0 Å². The molecule has 146 valence electrons. The molecule has 0 aromatic heterocycles. The second-order valence-corrected chi connectivity index (χ2v) is 8.99. The number of hydrogen-bond acceptors (Lipinski definition) is 1. The number of nitrogens with zero attached hydrogens (tertiary/aromatic N) is 1. The Labute approximate surface area is 162 Å². The molecule has 2 aliphatic carbocycles. The Morgan fingerprint density at radius 2 is 1.23 bits per heavy atom. The SMILES string of the molecule is CCCCC1CCC(CCC2CCC(CCC=CC=CC#N)CC2)CC1. The highest BCUT2D eigenvalue weighted by Crippen LogP contribution is 2.38. The average molecular weight is 356 g/mol. The third kappa shape index (κ3) is 8.57. The Morgan fingerprint density at radius 1 is 0.731 bits per heavy atom. The van der Waals surface area contributed by atoms with Crippen LogP contribution in [0, 0.1) is 35.0 Å². The van der Waals surface area contributed by atoms with Gasteiger partial charge in [-0.05, 0) is 36.5 Å². The van der Waals surface area contributed by atoms with E-state index in [0.717, 1.165) is 23.7 Å². The van der Waals surface area contributed by atoms with E-state index in [-0.39, 0.29) is 0 Å². The highest BCUT2D eigenvalue weighted by atomic mass is 14.3. The van der Waals surface area contributed by atoms with Crippen LogP contribution in [0.15, 0.2) is 24.3 Å². The minimum atomic E-state index is 0.949. The summed E-state index contributed by atoms with van der Waals surface area (Å²) in [6.45, 7) is 2.32. The van der Waals surface area contributed by atoms with Crippen LogP contribution in [-0.4, -0.2) is 0 Å². The Balaban J connectivity index is 1.51. The molecule has 1 heteroatoms. The van der Waals surface area contributed by atoms with E-state index in [1.807, 2.05) is 18.2 Å². The minimum Gasteiger partial charge on any atom is -0.193 e. The summed E-state index contributed by atoms with van der Waals surface area (Å²) in [4.78, 5) is 0. The van der Waals surface area contributed by atoms with Gasteiger partial charge in [-0.3, -0.25) is 0 Å². The topological polar surface area (TPSA) is 23.8 Å². The van der Waals surface area contributed by atoms with E-state index in [0.29, 0.717) is 0 Å². The Hall–Kier alpha value is -1.03. The molecule has 2 saturated carbocycles. The van der Waals surface area contributed by atoms with Crippen LogP contribution < -0.4 is 0 Å². The molecule has 0 aromatic rings. The molecule has 1 nitrogen and oxygen atoms in total. The summed E-state index contributed by atoms with van der Waals surface area (Å²) >= 11 is 0. The van der Waals surface area contributed by atoms with Crippen LogP contribution in [0.5, 0.6) is 0 Å². The van der Waals surface area contributed by atoms with Crippen molar-refractivity contribution in [2.24, 2.45) is 23.7 Å². The molecule has 0 aliphatic heterocycles. The molecule has 0 radical (unpaired) electrons. The van der Waals surface area contributed by atoms with Crippen molar-refractivity contribution in [3.63, 3.8) is 0 Å². The van der Waals surface area contributed by atoms with Crippen LogP contribution in [0.1, 0.15) is 103 Å². The van der Waals surface area contributed by atoms with Gasteiger partial charge in [0.05, 0.1) is 6.07 Å². The lowest BCUT2D eigenvalue weighted by atomic mass is 9.74. The maximum Gasteiger partial charge on any atom is 0.0912 e. The number of nitriles is 1.